The van der Waals surface area contributed by atoms with E-state index in [0.717, 1.165) is 44.9 Å². The molecule has 0 aromatic heterocycles. The molecule has 0 radical (unpaired) electrons. The molecule has 8 nitrogen and oxygen atoms in total. The molecule has 0 aromatic carbocycles. The van der Waals surface area contributed by atoms with Gasteiger partial charge in [-0.1, -0.05) is 224 Å². The van der Waals surface area contributed by atoms with Crippen molar-refractivity contribution in [3.63, 3.8) is 0 Å². The summed E-state index contributed by atoms with van der Waals surface area (Å²) in [5, 5.41) is 0. The number of phosphoric acid groups is 1. The smallest absolute Gasteiger partial charge is 0.457 e. The van der Waals surface area contributed by atoms with E-state index < -0.39 is 13.9 Å². The summed E-state index contributed by atoms with van der Waals surface area (Å²) in [5.74, 6) is -0.312. The second-order valence-electron chi connectivity index (χ2n) is 18.9. The quantitative estimate of drug-likeness (QED) is 0.0214. The number of carbonyl (C=O) groups excluding carboxylic acids is 1. The van der Waals surface area contributed by atoms with Crippen molar-refractivity contribution in [3.8, 4) is 0 Å². The highest BCUT2D eigenvalue weighted by Gasteiger charge is 2.26. The van der Waals surface area contributed by atoms with Crippen LogP contribution in [0.5, 0.6) is 0 Å². The Hall–Kier alpha value is -1.02. The van der Waals surface area contributed by atoms with E-state index in [0.29, 0.717) is 24.1 Å². The SMILES string of the molecule is CCCC/C=C\C/C=C\CCCCCCCCOCC(COP(=O)(O)OCC[N+](C)(C)C)OC(=O)CCCCCCCCCCCCCCCCCCCCCCCCCC. The zero-order valence-electron chi connectivity index (χ0n) is 41.2. The third-order valence-electron chi connectivity index (χ3n) is 11.5. The van der Waals surface area contributed by atoms with Gasteiger partial charge in [0.25, 0.3) is 0 Å². The second-order valence-corrected chi connectivity index (χ2v) is 20.4. The Labute approximate surface area is 379 Å². The molecule has 1 N–H and O–H groups in total. The summed E-state index contributed by atoms with van der Waals surface area (Å²) in [6, 6.07) is 0. The van der Waals surface area contributed by atoms with E-state index in [1.807, 2.05) is 21.1 Å². The average Bonchev–Trinajstić information content (AvgIpc) is 3.22. The van der Waals surface area contributed by atoms with Gasteiger partial charge >= 0.3 is 13.8 Å². The van der Waals surface area contributed by atoms with Crippen molar-refractivity contribution in [2.45, 2.75) is 251 Å². The van der Waals surface area contributed by atoms with E-state index in [1.54, 1.807) is 0 Å². The summed E-state index contributed by atoms with van der Waals surface area (Å²) in [6.45, 7) is 5.61. The van der Waals surface area contributed by atoms with Crippen LogP contribution < -0.4 is 0 Å². The van der Waals surface area contributed by atoms with Crippen LogP contribution in [0.3, 0.4) is 0 Å². The number of hydrogen-bond acceptors (Lipinski definition) is 6. The monoisotopic (exact) mass is 885 g/mol. The van der Waals surface area contributed by atoms with Crippen molar-refractivity contribution in [1.29, 1.82) is 0 Å². The average molecular weight is 885 g/mol. The van der Waals surface area contributed by atoms with Gasteiger partial charge in [0, 0.05) is 13.0 Å². The van der Waals surface area contributed by atoms with Crippen molar-refractivity contribution in [1.82, 2.24) is 0 Å². The Kier molecular flexibility index (Phi) is 44.8. The highest BCUT2D eigenvalue weighted by molar-refractivity contribution is 7.47. The van der Waals surface area contributed by atoms with Crippen LogP contribution in [0.4, 0.5) is 0 Å². The van der Waals surface area contributed by atoms with Gasteiger partial charge in [0.05, 0.1) is 34.4 Å². The van der Waals surface area contributed by atoms with Gasteiger partial charge in [-0.2, -0.15) is 0 Å². The van der Waals surface area contributed by atoms with Crippen molar-refractivity contribution < 1.29 is 37.3 Å². The molecule has 2 atom stereocenters. The van der Waals surface area contributed by atoms with Crippen LogP contribution >= 0.6 is 7.82 Å². The Balaban J connectivity index is 4.06. The number of hydrogen-bond donors (Lipinski definition) is 1. The summed E-state index contributed by atoms with van der Waals surface area (Å²) in [5.41, 5.74) is 0. The summed E-state index contributed by atoms with van der Waals surface area (Å²) in [4.78, 5) is 23.0. The predicted molar refractivity (Wildman–Crippen MR) is 261 cm³/mol. The topological polar surface area (TPSA) is 91.3 Å². The lowest BCUT2D eigenvalue weighted by molar-refractivity contribution is -0.870. The van der Waals surface area contributed by atoms with Crippen molar-refractivity contribution in [3.05, 3.63) is 24.3 Å². The maximum Gasteiger partial charge on any atom is 0.472 e. The summed E-state index contributed by atoms with van der Waals surface area (Å²) in [7, 11) is 1.67. The molecule has 362 valence electrons. The summed E-state index contributed by atoms with van der Waals surface area (Å²) in [6.07, 6.45) is 53.7. The zero-order valence-corrected chi connectivity index (χ0v) is 42.1. The number of likely N-dealkylation sites (N-methyl/N-ethyl adjacent to an activating group) is 1. The van der Waals surface area contributed by atoms with Crippen molar-refractivity contribution in [2.75, 3.05) is 54.1 Å². The second kappa shape index (κ2) is 45.5. The fourth-order valence-electron chi connectivity index (χ4n) is 7.45. The lowest BCUT2D eigenvalue weighted by Crippen LogP contribution is -2.37. The molecule has 0 spiro atoms. The van der Waals surface area contributed by atoms with Gasteiger partial charge in [0.2, 0.25) is 0 Å². The van der Waals surface area contributed by atoms with Gasteiger partial charge in [-0.3, -0.25) is 13.8 Å². The molecule has 2 unspecified atom stereocenters. The molecule has 0 saturated heterocycles. The maximum absolute atomic E-state index is 12.8. The first kappa shape index (κ1) is 60.0. The molecule has 0 bridgehead atoms. The van der Waals surface area contributed by atoms with E-state index in [2.05, 4.69) is 38.2 Å². The minimum absolute atomic E-state index is 0.0886. The number of phosphoric ester groups is 1. The van der Waals surface area contributed by atoms with Crippen LogP contribution in [0.25, 0.3) is 0 Å². The van der Waals surface area contributed by atoms with Crippen LogP contribution in [-0.2, 0) is 27.9 Å². The van der Waals surface area contributed by atoms with E-state index in [4.69, 9.17) is 18.5 Å². The fourth-order valence-corrected chi connectivity index (χ4v) is 8.20. The number of rotatable bonds is 49. The Morgan fingerprint density at radius 2 is 0.918 bits per heavy atom. The molecule has 0 amide bonds. The lowest BCUT2D eigenvalue weighted by atomic mass is 10.0. The molecule has 9 heteroatoms. The highest BCUT2D eigenvalue weighted by atomic mass is 31.2. The van der Waals surface area contributed by atoms with Gasteiger partial charge in [-0.05, 0) is 38.5 Å². The Morgan fingerprint density at radius 1 is 0.508 bits per heavy atom. The first-order chi connectivity index (χ1) is 29.6. The standard InChI is InChI=1S/C52H102NO7P/c1-6-8-10-12-14-16-18-20-22-23-24-25-26-27-28-29-30-31-33-35-37-39-41-43-45-52(54)60-51(50-59-61(55,56)58-48-46-53(3,4)5)49-57-47-44-42-40-38-36-34-32-21-19-17-15-13-11-9-7-2/h13,15,19,21,51H,6-12,14,16-18,20,22-50H2,1-5H3/p+1/b15-13-,21-19-. The molecule has 0 aromatic rings. The number of ether oxygens (including phenoxy) is 2. The predicted octanol–water partition coefficient (Wildman–Crippen LogP) is 16.0. The minimum atomic E-state index is -4.28. The van der Waals surface area contributed by atoms with Gasteiger partial charge in [-0.25, -0.2) is 4.57 Å². The third-order valence-corrected chi connectivity index (χ3v) is 12.5. The zero-order chi connectivity index (χ0) is 44.8. The van der Waals surface area contributed by atoms with E-state index >= 15 is 0 Å². The van der Waals surface area contributed by atoms with Gasteiger partial charge in [0.15, 0.2) is 0 Å². The normalized spacial score (nSPS) is 13.7. The molecule has 0 saturated carbocycles. The molecule has 0 aliphatic heterocycles. The van der Waals surface area contributed by atoms with Crippen LogP contribution in [0.15, 0.2) is 24.3 Å². The fraction of sp³-hybridized carbons (Fsp3) is 0.904. The number of nitrogens with zero attached hydrogens (tertiary/aromatic N) is 1. The maximum atomic E-state index is 12.8. The Bertz CT molecular complexity index is 1030. The van der Waals surface area contributed by atoms with Crippen LogP contribution in [0.2, 0.25) is 0 Å². The molecular weight excluding hydrogens is 782 g/mol. The molecule has 0 heterocycles. The third kappa shape index (κ3) is 49.8. The molecule has 61 heavy (non-hydrogen) atoms. The van der Waals surface area contributed by atoms with Crippen LogP contribution in [0.1, 0.15) is 245 Å². The Morgan fingerprint density at radius 3 is 1.38 bits per heavy atom. The van der Waals surface area contributed by atoms with Crippen LogP contribution in [0, 0.1) is 0 Å². The van der Waals surface area contributed by atoms with Crippen molar-refractivity contribution >= 4 is 13.8 Å². The number of allylic oxidation sites excluding steroid dienone is 4. The van der Waals surface area contributed by atoms with Crippen molar-refractivity contribution in [2.24, 2.45) is 0 Å². The minimum Gasteiger partial charge on any atom is -0.457 e. The molecule has 0 fully saturated rings. The first-order valence-electron chi connectivity index (χ1n) is 26.1. The first-order valence-corrected chi connectivity index (χ1v) is 27.6. The summed E-state index contributed by atoms with van der Waals surface area (Å²) < 4.78 is 35.1. The molecular formula is C52H103NO7P+. The van der Waals surface area contributed by atoms with E-state index in [9.17, 15) is 14.3 Å². The van der Waals surface area contributed by atoms with E-state index in [-0.39, 0.29) is 25.8 Å². The molecule has 0 aliphatic carbocycles. The largest absolute Gasteiger partial charge is 0.472 e. The molecule has 0 aliphatic rings. The number of carbonyl (C=O) groups is 1. The number of unbranched alkanes of at least 4 members (excludes halogenated alkanes) is 31. The molecule has 0 rings (SSSR count). The van der Waals surface area contributed by atoms with Gasteiger partial charge in [-0.15, -0.1) is 0 Å². The number of quaternary nitrogens is 1. The number of esters is 1. The van der Waals surface area contributed by atoms with Gasteiger partial charge in [0.1, 0.15) is 19.3 Å². The van der Waals surface area contributed by atoms with Crippen LogP contribution in [-0.4, -0.2) is 75.6 Å². The van der Waals surface area contributed by atoms with Gasteiger partial charge < -0.3 is 18.9 Å². The highest BCUT2D eigenvalue weighted by Crippen LogP contribution is 2.43. The lowest BCUT2D eigenvalue weighted by Gasteiger charge is -2.24. The van der Waals surface area contributed by atoms with E-state index in [1.165, 1.54) is 180 Å². The summed E-state index contributed by atoms with van der Waals surface area (Å²) >= 11 is 0.